The van der Waals surface area contributed by atoms with Gasteiger partial charge in [-0.25, -0.2) is 4.68 Å². The van der Waals surface area contributed by atoms with Gasteiger partial charge in [0.25, 0.3) is 5.56 Å². The minimum absolute atomic E-state index is 0.0296. The van der Waals surface area contributed by atoms with Gasteiger partial charge in [0.05, 0.1) is 0 Å². The smallest absolute Gasteiger partial charge is 0.291 e. The number of nitrogens with one attached hydrogen (secondary N) is 1. The molecule has 0 unspecified atom stereocenters. The Kier molecular flexibility index (Phi) is 4.00. The lowest BCUT2D eigenvalue weighted by Crippen LogP contribution is -2.45. The van der Waals surface area contributed by atoms with Gasteiger partial charge in [-0.1, -0.05) is 26.7 Å². The Bertz CT molecular complexity index is 733. The van der Waals surface area contributed by atoms with E-state index in [0.29, 0.717) is 17.4 Å². The number of carbonyl (C=O) groups excluding carboxylic acids is 1. The molecule has 3 atom stereocenters. The number of aromatic nitrogens is 3. The molecular formula is C16H22N4O2. The Hall–Kier alpha value is -2.11. The lowest BCUT2D eigenvalue weighted by atomic mass is 9.78. The summed E-state index contributed by atoms with van der Waals surface area (Å²) in [5.74, 6) is 0.948. The average molecular weight is 302 g/mol. The quantitative estimate of drug-likeness (QED) is 0.932. The van der Waals surface area contributed by atoms with Crippen molar-refractivity contribution in [1.29, 1.82) is 0 Å². The highest BCUT2D eigenvalue weighted by Gasteiger charge is 2.28. The van der Waals surface area contributed by atoms with Crippen molar-refractivity contribution < 1.29 is 4.79 Å². The predicted molar refractivity (Wildman–Crippen MR) is 83.6 cm³/mol. The van der Waals surface area contributed by atoms with Crippen molar-refractivity contribution >= 4 is 11.4 Å². The van der Waals surface area contributed by atoms with Crippen LogP contribution in [0.3, 0.4) is 0 Å². The molecule has 1 N–H and O–H groups in total. The van der Waals surface area contributed by atoms with Gasteiger partial charge in [-0.2, -0.15) is 5.10 Å². The van der Waals surface area contributed by atoms with Gasteiger partial charge in [0.15, 0.2) is 0 Å². The van der Waals surface area contributed by atoms with E-state index < -0.39 is 0 Å². The van der Waals surface area contributed by atoms with Crippen LogP contribution in [0, 0.1) is 11.8 Å². The number of rotatable bonds is 3. The zero-order valence-electron chi connectivity index (χ0n) is 13.0. The van der Waals surface area contributed by atoms with E-state index in [2.05, 4.69) is 24.3 Å². The number of hydrogen-bond acceptors (Lipinski definition) is 3. The molecule has 0 aliphatic heterocycles. The van der Waals surface area contributed by atoms with Crippen LogP contribution < -0.4 is 10.9 Å². The first-order chi connectivity index (χ1) is 10.6. The minimum atomic E-state index is -0.243. The van der Waals surface area contributed by atoms with E-state index in [1.165, 1.54) is 11.1 Å². The van der Waals surface area contributed by atoms with Gasteiger partial charge >= 0.3 is 0 Å². The molecule has 2 heterocycles. The van der Waals surface area contributed by atoms with Crippen molar-refractivity contribution in [3.8, 4) is 0 Å². The van der Waals surface area contributed by atoms with Gasteiger partial charge < -0.3 is 9.72 Å². The Morgan fingerprint density at radius 3 is 3.05 bits per heavy atom. The summed E-state index contributed by atoms with van der Waals surface area (Å²) in [7, 11) is 0. The molecule has 22 heavy (non-hydrogen) atoms. The first-order valence-electron chi connectivity index (χ1n) is 7.88. The third-order valence-corrected chi connectivity index (χ3v) is 4.89. The monoisotopic (exact) mass is 302 g/mol. The molecule has 118 valence electrons. The fourth-order valence-electron chi connectivity index (χ4n) is 3.27. The number of amides is 1. The van der Waals surface area contributed by atoms with Crippen molar-refractivity contribution in [2.75, 3.05) is 0 Å². The summed E-state index contributed by atoms with van der Waals surface area (Å²) in [6.07, 6.45) is 6.69. The fraction of sp³-hybridized carbons (Fsp3) is 0.562. The molecule has 2 aromatic rings. The van der Waals surface area contributed by atoms with Crippen LogP contribution in [0.15, 0.2) is 29.5 Å². The van der Waals surface area contributed by atoms with Crippen LogP contribution in [0.1, 0.15) is 33.1 Å². The SMILES string of the molecule is C[C@@H]1[C@H](C)CCC[C@@H]1NC(=O)Cn1ncn2cccc2c1=O. The number of hydrogen-bond donors (Lipinski definition) is 1. The number of fused-ring (bicyclic) bond motifs is 1. The summed E-state index contributed by atoms with van der Waals surface area (Å²) in [6.45, 7) is 4.39. The summed E-state index contributed by atoms with van der Waals surface area (Å²) >= 11 is 0. The molecule has 0 spiro atoms. The molecule has 1 fully saturated rings. The second-order valence-electron chi connectivity index (χ2n) is 6.34. The first kappa shape index (κ1) is 14.8. The molecule has 2 aromatic heterocycles. The van der Waals surface area contributed by atoms with Crippen LogP contribution >= 0.6 is 0 Å². The summed E-state index contributed by atoms with van der Waals surface area (Å²) in [5, 5.41) is 7.12. The summed E-state index contributed by atoms with van der Waals surface area (Å²) in [4.78, 5) is 24.5. The van der Waals surface area contributed by atoms with Crippen LogP contribution in [0.5, 0.6) is 0 Å². The maximum atomic E-state index is 12.2. The highest BCUT2D eigenvalue weighted by molar-refractivity contribution is 5.76. The van der Waals surface area contributed by atoms with Crippen LogP contribution in [0.4, 0.5) is 0 Å². The van der Waals surface area contributed by atoms with Crippen LogP contribution in [0.2, 0.25) is 0 Å². The van der Waals surface area contributed by atoms with Gasteiger partial charge in [0.1, 0.15) is 18.4 Å². The van der Waals surface area contributed by atoms with Gasteiger partial charge in [-0.05, 0) is 30.4 Å². The minimum Gasteiger partial charge on any atom is -0.351 e. The van der Waals surface area contributed by atoms with Gasteiger partial charge in [0.2, 0.25) is 5.91 Å². The first-order valence-corrected chi connectivity index (χ1v) is 7.88. The summed E-state index contributed by atoms with van der Waals surface area (Å²) in [6, 6.07) is 3.71. The summed E-state index contributed by atoms with van der Waals surface area (Å²) in [5.41, 5.74) is 0.287. The summed E-state index contributed by atoms with van der Waals surface area (Å²) < 4.78 is 2.88. The van der Waals surface area contributed by atoms with Gasteiger partial charge in [-0.3, -0.25) is 9.59 Å². The van der Waals surface area contributed by atoms with Crippen molar-refractivity contribution in [3.05, 3.63) is 35.0 Å². The lowest BCUT2D eigenvalue weighted by molar-refractivity contribution is -0.123. The number of carbonyl (C=O) groups is 1. The van der Waals surface area contributed by atoms with Crippen LogP contribution in [0.25, 0.3) is 5.52 Å². The second-order valence-corrected chi connectivity index (χ2v) is 6.34. The van der Waals surface area contributed by atoms with Crippen LogP contribution in [-0.2, 0) is 11.3 Å². The second kappa shape index (κ2) is 5.94. The molecule has 6 nitrogen and oxygen atoms in total. The maximum Gasteiger partial charge on any atom is 0.291 e. The molecule has 1 amide bonds. The standard InChI is InChI=1S/C16H22N4O2/c1-11-5-3-6-13(12(11)2)18-15(21)9-20-16(22)14-7-4-8-19(14)10-17-20/h4,7-8,10-13H,3,5-6,9H2,1-2H3,(H,18,21)/t11-,12-,13+/m1/s1. The Morgan fingerprint density at radius 2 is 2.23 bits per heavy atom. The Balaban J connectivity index is 1.70. The largest absolute Gasteiger partial charge is 0.351 e. The van der Waals surface area contributed by atoms with Crippen molar-refractivity contribution in [1.82, 2.24) is 19.5 Å². The fourth-order valence-corrected chi connectivity index (χ4v) is 3.27. The maximum absolute atomic E-state index is 12.2. The third kappa shape index (κ3) is 2.77. The molecule has 0 aromatic carbocycles. The topological polar surface area (TPSA) is 68.4 Å². The predicted octanol–water partition coefficient (Wildman–Crippen LogP) is 1.44. The molecule has 0 saturated heterocycles. The van der Waals surface area contributed by atoms with Crippen LogP contribution in [-0.4, -0.2) is 26.1 Å². The Labute approximate surface area is 129 Å². The zero-order chi connectivity index (χ0) is 15.7. The molecule has 0 bridgehead atoms. The van der Waals surface area contributed by atoms with Gasteiger partial charge in [-0.15, -0.1) is 0 Å². The molecule has 6 heteroatoms. The molecule has 1 aliphatic carbocycles. The molecule has 1 aliphatic rings. The van der Waals surface area contributed by atoms with Crippen molar-refractivity contribution in [2.45, 2.75) is 45.7 Å². The Morgan fingerprint density at radius 1 is 1.41 bits per heavy atom. The van der Waals surface area contributed by atoms with Crippen molar-refractivity contribution in [3.63, 3.8) is 0 Å². The van der Waals surface area contributed by atoms with Gasteiger partial charge in [0, 0.05) is 12.2 Å². The van der Waals surface area contributed by atoms with E-state index in [1.807, 2.05) is 0 Å². The molecule has 3 rings (SSSR count). The number of nitrogens with zero attached hydrogens (tertiary/aromatic N) is 3. The molecule has 1 saturated carbocycles. The third-order valence-electron chi connectivity index (χ3n) is 4.89. The lowest BCUT2D eigenvalue weighted by Gasteiger charge is -2.34. The highest BCUT2D eigenvalue weighted by Crippen LogP contribution is 2.29. The van der Waals surface area contributed by atoms with E-state index in [4.69, 9.17) is 0 Å². The van der Waals surface area contributed by atoms with E-state index in [9.17, 15) is 9.59 Å². The van der Waals surface area contributed by atoms with E-state index in [0.717, 1.165) is 12.8 Å². The average Bonchev–Trinajstić information content (AvgIpc) is 2.96. The molecule has 0 radical (unpaired) electrons. The van der Waals surface area contributed by atoms with E-state index in [1.54, 1.807) is 29.1 Å². The highest BCUT2D eigenvalue weighted by atomic mass is 16.2. The van der Waals surface area contributed by atoms with E-state index in [-0.39, 0.29) is 24.1 Å². The van der Waals surface area contributed by atoms with Crippen molar-refractivity contribution in [2.24, 2.45) is 11.8 Å². The van der Waals surface area contributed by atoms with E-state index >= 15 is 0 Å². The molecular weight excluding hydrogens is 280 g/mol. The zero-order valence-corrected chi connectivity index (χ0v) is 13.0. The normalized spacial score (nSPS) is 25.3.